The molecular weight excluding hydrogens is 292 g/mol. The monoisotopic (exact) mass is 306 g/mol. The van der Waals surface area contributed by atoms with E-state index in [1.807, 2.05) is 24.3 Å². The van der Waals surface area contributed by atoms with E-state index in [1.165, 1.54) is 13.1 Å². The normalized spacial score (nSPS) is 15.9. The first-order valence-electron chi connectivity index (χ1n) is 7.44. The number of anilines is 1. The number of amides is 3. The van der Waals surface area contributed by atoms with Crippen molar-refractivity contribution >= 4 is 23.4 Å². The summed E-state index contributed by atoms with van der Waals surface area (Å²) in [5.74, 6) is -0.829. The summed E-state index contributed by atoms with van der Waals surface area (Å²) in [6.45, 7) is 0.627. The lowest BCUT2D eigenvalue weighted by atomic mass is 10.0. The zero-order valence-electron chi connectivity index (χ0n) is 12.6. The number of hydrogen-bond donors (Lipinski definition) is 0. The molecule has 0 aromatic heterocycles. The lowest BCUT2D eigenvalue weighted by Gasteiger charge is -2.17. The van der Waals surface area contributed by atoms with Crippen molar-refractivity contribution in [2.24, 2.45) is 0 Å². The van der Waals surface area contributed by atoms with Gasteiger partial charge < -0.3 is 4.90 Å². The minimum absolute atomic E-state index is 0.146. The van der Waals surface area contributed by atoms with E-state index in [4.69, 9.17) is 0 Å². The standard InChI is InChI=1S/C18H14N2O3/c1-19-17(22)13-7-6-12(10-14(13)18(19)23)16(21)20-9-8-11-4-2-3-5-15(11)20/h2-7,10H,8-9H2,1H3. The molecule has 2 aromatic carbocycles. The van der Waals surface area contributed by atoms with Crippen LogP contribution in [-0.2, 0) is 6.42 Å². The van der Waals surface area contributed by atoms with E-state index in [-0.39, 0.29) is 17.7 Å². The van der Waals surface area contributed by atoms with Gasteiger partial charge in [-0.1, -0.05) is 18.2 Å². The van der Waals surface area contributed by atoms with Gasteiger partial charge in [0.1, 0.15) is 0 Å². The summed E-state index contributed by atoms with van der Waals surface area (Å²) < 4.78 is 0. The third-order valence-corrected chi connectivity index (χ3v) is 4.47. The maximum atomic E-state index is 12.8. The predicted octanol–water partition coefficient (Wildman–Crippen LogP) is 2.12. The maximum Gasteiger partial charge on any atom is 0.261 e. The Morgan fingerprint density at radius 2 is 1.74 bits per heavy atom. The van der Waals surface area contributed by atoms with Crippen LogP contribution in [0.2, 0.25) is 0 Å². The molecule has 0 unspecified atom stereocenters. The Morgan fingerprint density at radius 3 is 2.57 bits per heavy atom. The van der Waals surface area contributed by atoms with Crippen LogP contribution >= 0.6 is 0 Å². The van der Waals surface area contributed by atoms with Gasteiger partial charge in [0, 0.05) is 24.8 Å². The SMILES string of the molecule is CN1C(=O)c2ccc(C(=O)N3CCc4ccccc43)cc2C1=O. The van der Waals surface area contributed by atoms with Crippen LogP contribution in [0, 0.1) is 0 Å². The Balaban J connectivity index is 1.72. The lowest BCUT2D eigenvalue weighted by molar-refractivity contribution is 0.0693. The molecule has 23 heavy (non-hydrogen) atoms. The second-order valence-corrected chi connectivity index (χ2v) is 5.77. The number of benzene rings is 2. The molecule has 2 aliphatic heterocycles. The van der Waals surface area contributed by atoms with Gasteiger partial charge in [-0.15, -0.1) is 0 Å². The van der Waals surface area contributed by atoms with Crippen molar-refractivity contribution in [1.82, 2.24) is 4.90 Å². The molecule has 5 nitrogen and oxygen atoms in total. The molecule has 0 atom stereocenters. The number of carbonyl (C=O) groups excluding carboxylic acids is 3. The van der Waals surface area contributed by atoms with Gasteiger partial charge >= 0.3 is 0 Å². The highest BCUT2D eigenvalue weighted by Gasteiger charge is 2.34. The van der Waals surface area contributed by atoms with Gasteiger partial charge in [-0.3, -0.25) is 19.3 Å². The number of nitrogens with zero attached hydrogens (tertiary/aromatic N) is 2. The smallest absolute Gasteiger partial charge is 0.261 e. The molecule has 0 saturated carbocycles. The Morgan fingerprint density at radius 1 is 1.00 bits per heavy atom. The van der Waals surface area contributed by atoms with Gasteiger partial charge in [-0.25, -0.2) is 0 Å². The lowest BCUT2D eigenvalue weighted by Crippen LogP contribution is -2.29. The molecule has 0 spiro atoms. The molecule has 0 N–H and O–H groups in total. The third-order valence-electron chi connectivity index (χ3n) is 4.47. The molecule has 2 heterocycles. The van der Waals surface area contributed by atoms with E-state index < -0.39 is 0 Å². The second kappa shape index (κ2) is 4.78. The molecule has 0 saturated heterocycles. The average Bonchev–Trinajstić information content (AvgIpc) is 3.10. The van der Waals surface area contributed by atoms with Gasteiger partial charge in [0.25, 0.3) is 17.7 Å². The van der Waals surface area contributed by atoms with Gasteiger partial charge in [0.05, 0.1) is 11.1 Å². The number of fused-ring (bicyclic) bond motifs is 2. The molecule has 0 fully saturated rings. The first kappa shape index (κ1) is 13.7. The fraction of sp³-hybridized carbons (Fsp3) is 0.167. The van der Waals surface area contributed by atoms with E-state index in [1.54, 1.807) is 17.0 Å². The van der Waals surface area contributed by atoms with Crippen molar-refractivity contribution in [3.63, 3.8) is 0 Å². The average molecular weight is 306 g/mol. The van der Waals surface area contributed by atoms with Crippen molar-refractivity contribution in [1.29, 1.82) is 0 Å². The van der Waals surface area contributed by atoms with Crippen molar-refractivity contribution in [3.05, 3.63) is 64.7 Å². The molecule has 3 amide bonds. The summed E-state index contributed by atoms with van der Waals surface area (Å²) in [6, 6.07) is 12.5. The Kier molecular flexibility index (Phi) is 2.84. The molecule has 0 bridgehead atoms. The van der Waals surface area contributed by atoms with Crippen LogP contribution in [0.3, 0.4) is 0 Å². The zero-order chi connectivity index (χ0) is 16.1. The van der Waals surface area contributed by atoms with Crippen LogP contribution in [0.25, 0.3) is 0 Å². The van der Waals surface area contributed by atoms with Crippen molar-refractivity contribution < 1.29 is 14.4 Å². The molecule has 2 aliphatic rings. The van der Waals surface area contributed by atoms with Crippen molar-refractivity contribution in [2.45, 2.75) is 6.42 Å². The van der Waals surface area contributed by atoms with E-state index >= 15 is 0 Å². The predicted molar refractivity (Wildman–Crippen MR) is 84.7 cm³/mol. The number of rotatable bonds is 1. The largest absolute Gasteiger partial charge is 0.308 e. The first-order chi connectivity index (χ1) is 11.1. The van der Waals surface area contributed by atoms with Crippen LogP contribution in [-0.4, -0.2) is 36.2 Å². The van der Waals surface area contributed by atoms with Crippen molar-refractivity contribution in [2.75, 3.05) is 18.5 Å². The van der Waals surface area contributed by atoms with E-state index in [0.29, 0.717) is 23.2 Å². The van der Waals surface area contributed by atoms with E-state index in [9.17, 15) is 14.4 Å². The van der Waals surface area contributed by atoms with Crippen LogP contribution in [0.15, 0.2) is 42.5 Å². The van der Waals surface area contributed by atoms with Gasteiger partial charge in [0.15, 0.2) is 0 Å². The Bertz CT molecular complexity index is 872. The highest BCUT2D eigenvalue weighted by atomic mass is 16.2. The fourth-order valence-corrected chi connectivity index (χ4v) is 3.20. The topological polar surface area (TPSA) is 57.7 Å². The van der Waals surface area contributed by atoms with Crippen molar-refractivity contribution in [3.8, 4) is 0 Å². The third kappa shape index (κ3) is 1.90. The molecule has 5 heteroatoms. The van der Waals surface area contributed by atoms with Crippen LogP contribution < -0.4 is 4.90 Å². The second-order valence-electron chi connectivity index (χ2n) is 5.77. The zero-order valence-corrected chi connectivity index (χ0v) is 12.6. The maximum absolute atomic E-state index is 12.8. The highest BCUT2D eigenvalue weighted by Crippen LogP contribution is 2.30. The molecular formula is C18H14N2O3. The summed E-state index contributed by atoms with van der Waals surface area (Å²) >= 11 is 0. The Hall–Kier alpha value is -2.95. The molecule has 114 valence electrons. The summed E-state index contributed by atoms with van der Waals surface area (Å²) in [5, 5.41) is 0. The number of hydrogen-bond acceptors (Lipinski definition) is 3. The molecule has 2 aromatic rings. The minimum atomic E-state index is -0.360. The minimum Gasteiger partial charge on any atom is -0.308 e. The summed E-state index contributed by atoms with van der Waals surface area (Å²) in [4.78, 5) is 39.6. The molecule has 0 aliphatic carbocycles. The summed E-state index contributed by atoms with van der Waals surface area (Å²) in [5.41, 5.74) is 3.15. The van der Waals surface area contributed by atoms with E-state index in [2.05, 4.69) is 0 Å². The Labute approximate surface area is 133 Å². The molecule has 4 rings (SSSR count). The van der Waals surface area contributed by atoms with Crippen LogP contribution in [0.5, 0.6) is 0 Å². The van der Waals surface area contributed by atoms with Crippen LogP contribution in [0.1, 0.15) is 36.6 Å². The highest BCUT2D eigenvalue weighted by molar-refractivity contribution is 6.22. The summed E-state index contributed by atoms with van der Waals surface area (Å²) in [7, 11) is 1.45. The fourth-order valence-electron chi connectivity index (χ4n) is 3.20. The number of imide groups is 1. The van der Waals surface area contributed by atoms with Gasteiger partial charge in [-0.05, 0) is 36.2 Å². The van der Waals surface area contributed by atoms with Crippen LogP contribution in [0.4, 0.5) is 5.69 Å². The quantitative estimate of drug-likeness (QED) is 0.758. The molecule has 0 radical (unpaired) electrons. The first-order valence-corrected chi connectivity index (χ1v) is 7.44. The van der Waals surface area contributed by atoms with Gasteiger partial charge in [-0.2, -0.15) is 0 Å². The summed E-state index contributed by atoms with van der Waals surface area (Å²) in [6.07, 6.45) is 0.826. The van der Waals surface area contributed by atoms with Gasteiger partial charge in [0.2, 0.25) is 0 Å². The van der Waals surface area contributed by atoms with E-state index in [0.717, 1.165) is 22.6 Å². The number of para-hydroxylation sites is 1. The number of carbonyl (C=O) groups is 3.